The van der Waals surface area contributed by atoms with Crippen LogP contribution in [-0.4, -0.2) is 12.6 Å². The summed E-state index contributed by atoms with van der Waals surface area (Å²) in [7, 11) is 0. The fraction of sp³-hybridized carbons (Fsp3) is 0.625. The Labute approximate surface area is 124 Å². The van der Waals surface area contributed by atoms with Crippen LogP contribution in [0.1, 0.15) is 50.7 Å². The van der Waals surface area contributed by atoms with Gasteiger partial charge < -0.3 is 10.5 Å². The fourth-order valence-corrected chi connectivity index (χ4v) is 2.03. The lowest BCUT2D eigenvalue weighted by Gasteiger charge is -2.16. The molecule has 0 saturated carbocycles. The predicted octanol–water partition coefficient (Wildman–Crippen LogP) is 4.55. The molecule has 0 aliphatic heterocycles. The van der Waals surface area contributed by atoms with E-state index in [9.17, 15) is 13.2 Å². The third-order valence-electron chi connectivity index (χ3n) is 3.38. The minimum absolute atomic E-state index is 0.0903. The Balaban J connectivity index is 2.87. The second kappa shape index (κ2) is 8.27. The summed E-state index contributed by atoms with van der Waals surface area (Å²) in [5.41, 5.74) is 5.69. The standard InChI is InChI=1S/C16H24F3NO/c1-3-5-6-9-21-15-8-7-12(10-13(20)4-2)11-14(15)16(17,18)19/h7-8,11,13H,3-6,9-10,20H2,1-2H3. The molecule has 0 aliphatic carbocycles. The first-order chi connectivity index (χ1) is 9.88. The Morgan fingerprint density at radius 1 is 1.19 bits per heavy atom. The highest BCUT2D eigenvalue weighted by atomic mass is 19.4. The zero-order chi connectivity index (χ0) is 15.9. The molecule has 0 aliphatic rings. The first-order valence-corrected chi connectivity index (χ1v) is 7.47. The summed E-state index contributed by atoms with van der Waals surface area (Å²) in [5.74, 6) is -0.0903. The molecule has 1 atom stereocenters. The van der Waals surface area contributed by atoms with E-state index in [2.05, 4.69) is 0 Å². The van der Waals surface area contributed by atoms with Gasteiger partial charge in [-0.15, -0.1) is 0 Å². The molecule has 0 spiro atoms. The van der Waals surface area contributed by atoms with E-state index in [1.165, 1.54) is 6.07 Å². The molecule has 0 saturated heterocycles. The molecule has 21 heavy (non-hydrogen) atoms. The Morgan fingerprint density at radius 2 is 1.90 bits per heavy atom. The molecule has 2 N–H and O–H groups in total. The summed E-state index contributed by atoms with van der Waals surface area (Å²) < 4.78 is 44.6. The van der Waals surface area contributed by atoms with Crippen LogP contribution in [0.25, 0.3) is 0 Å². The number of benzene rings is 1. The molecule has 0 amide bonds. The van der Waals surface area contributed by atoms with Crippen LogP contribution in [0.4, 0.5) is 13.2 Å². The van der Waals surface area contributed by atoms with Gasteiger partial charge in [0.2, 0.25) is 0 Å². The molecule has 0 aromatic heterocycles. The highest BCUT2D eigenvalue weighted by Gasteiger charge is 2.34. The van der Waals surface area contributed by atoms with Gasteiger partial charge in [-0.25, -0.2) is 0 Å². The van der Waals surface area contributed by atoms with Crippen molar-refractivity contribution in [2.75, 3.05) is 6.61 Å². The number of rotatable bonds is 8. The molecule has 1 aromatic rings. The van der Waals surface area contributed by atoms with Crippen molar-refractivity contribution in [2.24, 2.45) is 5.73 Å². The van der Waals surface area contributed by atoms with Crippen LogP contribution in [0.5, 0.6) is 5.75 Å². The topological polar surface area (TPSA) is 35.2 Å². The quantitative estimate of drug-likeness (QED) is 0.715. The molecule has 1 unspecified atom stereocenters. The maximum Gasteiger partial charge on any atom is 0.419 e. The molecule has 1 rings (SSSR count). The Hall–Kier alpha value is -1.23. The van der Waals surface area contributed by atoms with Crippen molar-refractivity contribution in [1.82, 2.24) is 0 Å². The van der Waals surface area contributed by atoms with Crippen molar-refractivity contribution in [3.63, 3.8) is 0 Å². The molecule has 0 heterocycles. The van der Waals surface area contributed by atoms with Crippen molar-refractivity contribution in [3.8, 4) is 5.75 Å². The summed E-state index contributed by atoms with van der Waals surface area (Å²) in [6.07, 6.45) is -0.525. The van der Waals surface area contributed by atoms with E-state index in [4.69, 9.17) is 10.5 Å². The van der Waals surface area contributed by atoms with E-state index in [1.807, 2.05) is 13.8 Å². The maximum atomic E-state index is 13.1. The zero-order valence-electron chi connectivity index (χ0n) is 12.7. The smallest absolute Gasteiger partial charge is 0.419 e. The molecule has 120 valence electrons. The number of halogens is 3. The summed E-state index contributed by atoms with van der Waals surface area (Å²) in [5, 5.41) is 0. The molecular formula is C16H24F3NO. The second-order valence-corrected chi connectivity index (χ2v) is 5.26. The van der Waals surface area contributed by atoms with Gasteiger partial charge in [-0.1, -0.05) is 32.8 Å². The van der Waals surface area contributed by atoms with E-state index in [0.717, 1.165) is 31.7 Å². The Morgan fingerprint density at radius 3 is 2.48 bits per heavy atom. The van der Waals surface area contributed by atoms with Gasteiger partial charge in [0.25, 0.3) is 0 Å². The lowest BCUT2D eigenvalue weighted by atomic mass is 10.0. The van der Waals surface area contributed by atoms with Crippen LogP contribution in [0.15, 0.2) is 18.2 Å². The number of unbranched alkanes of at least 4 members (excludes halogenated alkanes) is 2. The first kappa shape index (κ1) is 17.8. The summed E-state index contributed by atoms with van der Waals surface area (Å²) in [6.45, 7) is 4.26. The largest absolute Gasteiger partial charge is 0.493 e. The fourth-order valence-electron chi connectivity index (χ4n) is 2.03. The zero-order valence-corrected chi connectivity index (χ0v) is 12.7. The number of hydrogen-bond donors (Lipinski definition) is 1. The van der Waals surface area contributed by atoms with Crippen molar-refractivity contribution in [3.05, 3.63) is 29.3 Å². The minimum atomic E-state index is -4.41. The lowest BCUT2D eigenvalue weighted by molar-refractivity contribution is -0.139. The van der Waals surface area contributed by atoms with Crippen LogP contribution in [0, 0.1) is 0 Å². The first-order valence-electron chi connectivity index (χ1n) is 7.47. The molecular weight excluding hydrogens is 279 g/mol. The van der Waals surface area contributed by atoms with Gasteiger partial charge in [-0.2, -0.15) is 13.2 Å². The number of nitrogens with two attached hydrogens (primary N) is 1. The minimum Gasteiger partial charge on any atom is -0.493 e. The number of hydrogen-bond acceptors (Lipinski definition) is 2. The van der Waals surface area contributed by atoms with E-state index < -0.39 is 11.7 Å². The van der Waals surface area contributed by atoms with E-state index in [-0.39, 0.29) is 11.8 Å². The summed E-state index contributed by atoms with van der Waals surface area (Å²) in [4.78, 5) is 0. The van der Waals surface area contributed by atoms with E-state index in [1.54, 1.807) is 6.07 Å². The molecule has 0 fully saturated rings. The summed E-state index contributed by atoms with van der Waals surface area (Å²) in [6, 6.07) is 4.11. The average molecular weight is 303 g/mol. The lowest BCUT2D eigenvalue weighted by Crippen LogP contribution is -2.21. The molecule has 1 aromatic carbocycles. The van der Waals surface area contributed by atoms with Gasteiger partial charge in [0.1, 0.15) is 5.75 Å². The molecule has 0 bridgehead atoms. The van der Waals surface area contributed by atoms with E-state index in [0.29, 0.717) is 18.6 Å². The average Bonchev–Trinajstić information content (AvgIpc) is 2.43. The van der Waals surface area contributed by atoms with Gasteiger partial charge in [-0.3, -0.25) is 0 Å². The van der Waals surface area contributed by atoms with Crippen molar-refractivity contribution >= 4 is 0 Å². The third-order valence-corrected chi connectivity index (χ3v) is 3.38. The third kappa shape index (κ3) is 5.96. The van der Waals surface area contributed by atoms with Crippen LogP contribution in [0.2, 0.25) is 0 Å². The monoisotopic (exact) mass is 303 g/mol. The molecule has 2 nitrogen and oxygen atoms in total. The van der Waals surface area contributed by atoms with Crippen molar-refractivity contribution in [2.45, 2.75) is 58.2 Å². The van der Waals surface area contributed by atoms with Gasteiger partial charge in [0.05, 0.1) is 12.2 Å². The second-order valence-electron chi connectivity index (χ2n) is 5.26. The Kier molecular flexibility index (Phi) is 7.02. The maximum absolute atomic E-state index is 13.1. The van der Waals surface area contributed by atoms with Crippen molar-refractivity contribution < 1.29 is 17.9 Å². The van der Waals surface area contributed by atoms with Gasteiger partial charge in [0, 0.05) is 6.04 Å². The predicted molar refractivity (Wildman–Crippen MR) is 78.4 cm³/mol. The molecule has 0 radical (unpaired) electrons. The molecule has 5 heteroatoms. The van der Waals surface area contributed by atoms with Crippen LogP contribution in [-0.2, 0) is 12.6 Å². The van der Waals surface area contributed by atoms with Crippen LogP contribution in [0.3, 0.4) is 0 Å². The Bertz CT molecular complexity index is 432. The normalized spacial score (nSPS) is 13.2. The van der Waals surface area contributed by atoms with Crippen molar-refractivity contribution in [1.29, 1.82) is 0 Å². The van der Waals surface area contributed by atoms with Crippen LogP contribution < -0.4 is 10.5 Å². The highest BCUT2D eigenvalue weighted by molar-refractivity contribution is 5.39. The van der Waals surface area contributed by atoms with Crippen LogP contribution >= 0.6 is 0 Å². The van der Waals surface area contributed by atoms with Gasteiger partial charge >= 0.3 is 6.18 Å². The number of alkyl halides is 3. The SMILES string of the molecule is CCCCCOc1ccc(CC(N)CC)cc1C(F)(F)F. The van der Waals surface area contributed by atoms with E-state index >= 15 is 0 Å². The number of ether oxygens (including phenoxy) is 1. The van der Waals surface area contributed by atoms with Gasteiger partial charge in [0.15, 0.2) is 0 Å². The summed E-state index contributed by atoms with van der Waals surface area (Å²) >= 11 is 0. The highest BCUT2D eigenvalue weighted by Crippen LogP contribution is 2.37. The van der Waals surface area contributed by atoms with Gasteiger partial charge in [-0.05, 0) is 37.0 Å².